The quantitative estimate of drug-likeness (QED) is 0.391. The smallest absolute Gasteiger partial charge is 0.350 e. The van der Waals surface area contributed by atoms with Crippen LogP contribution in [0.1, 0.15) is 39.5 Å². The molecular formula is C12H17NO4. The summed E-state index contributed by atoms with van der Waals surface area (Å²) in [4.78, 5) is 23.6. The summed E-state index contributed by atoms with van der Waals surface area (Å²) >= 11 is 0. The van der Waals surface area contributed by atoms with Gasteiger partial charge in [0.1, 0.15) is 0 Å². The topological polar surface area (TPSA) is 64.6 Å². The Morgan fingerprint density at radius 3 is 2.35 bits per heavy atom. The van der Waals surface area contributed by atoms with Crippen LogP contribution in [-0.4, -0.2) is 24.3 Å². The molecular weight excluding hydrogens is 222 g/mol. The van der Waals surface area contributed by atoms with Gasteiger partial charge in [-0.3, -0.25) is 0 Å². The van der Waals surface area contributed by atoms with E-state index < -0.39 is 17.7 Å². The van der Waals surface area contributed by atoms with Crippen LogP contribution in [-0.2, 0) is 19.1 Å². The van der Waals surface area contributed by atoms with Gasteiger partial charge in [-0.05, 0) is 19.3 Å². The van der Waals surface area contributed by atoms with Crippen molar-refractivity contribution < 1.29 is 19.1 Å². The third kappa shape index (κ3) is 2.60. The normalized spacial score (nSPS) is 24.6. The Hall–Kier alpha value is -1.52. The molecule has 5 heteroatoms. The Labute approximate surface area is 100 Å². The highest BCUT2D eigenvalue weighted by Crippen LogP contribution is 2.26. The van der Waals surface area contributed by atoms with Gasteiger partial charge in [-0.25, -0.2) is 9.59 Å². The molecule has 2 aliphatic rings. The summed E-state index contributed by atoms with van der Waals surface area (Å²) in [5.41, 5.74) is 0.694. The fourth-order valence-electron chi connectivity index (χ4n) is 2.04. The predicted molar refractivity (Wildman–Crippen MR) is 59.8 cm³/mol. The van der Waals surface area contributed by atoms with Crippen LogP contribution in [0.2, 0.25) is 0 Å². The van der Waals surface area contributed by atoms with E-state index in [1.54, 1.807) is 13.8 Å². The number of hydrogen-bond acceptors (Lipinski definition) is 5. The van der Waals surface area contributed by atoms with Crippen LogP contribution in [0.3, 0.4) is 0 Å². The first-order valence-corrected chi connectivity index (χ1v) is 5.93. The van der Waals surface area contributed by atoms with Gasteiger partial charge in [0.25, 0.3) is 5.79 Å². The van der Waals surface area contributed by atoms with Gasteiger partial charge >= 0.3 is 11.9 Å². The first-order valence-electron chi connectivity index (χ1n) is 5.93. The number of hydrogen-bond donors (Lipinski definition) is 1. The summed E-state index contributed by atoms with van der Waals surface area (Å²) in [7, 11) is 0. The average molecular weight is 239 g/mol. The molecule has 94 valence electrons. The maximum atomic E-state index is 11.8. The van der Waals surface area contributed by atoms with Crippen molar-refractivity contribution >= 4 is 11.9 Å². The molecule has 0 amide bonds. The van der Waals surface area contributed by atoms with E-state index in [4.69, 9.17) is 9.47 Å². The molecule has 2 fully saturated rings. The van der Waals surface area contributed by atoms with Gasteiger partial charge < -0.3 is 14.8 Å². The summed E-state index contributed by atoms with van der Waals surface area (Å²) in [5.74, 6) is -2.34. The molecule has 0 spiro atoms. The second-order valence-electron chi connectivity index (χ2n) is 4.77. The van der Waals surface area contributed by atoms with Crippen molar-refractivity contribution in [3.05, 3.63) is 11.3 Å². The van der Waals surface area contributed by atoms with Crippen molar-refractivity contribution in [1.82, 2.24) is 5.32 Å². The van der Waals surface area contributed by atoms with E-state index in [1.165, 1.54) is 0 Å². The van der Waals surface area contributed by atoms with Crippen molar-refractivity contribution in [2.45, 2.75) is 45.3 Å². The zero-order valence-electron chi connectivity index (χ0n) is 10.2. The maximum absolute atomic E-state index is 11.8. The van der Waals surface area contributed by atoms with E-state index >= 15 is 0 Å². The van der Waals surface area contributed by atoms with E-state index in [1.807, 2.05) is 0 Å². The summed E-state index contributed by atoms with van der Waals surface area (Å²) in [5, 5.41) is 3.12. The number of carbonyl (C=O) groups is 2. The fraction of sp³-hybridized carbons (Fsp3) is 0.667. The van der Waals surface area contributed by atoms with Gasteiger partial charge in [0, 0.05) is 26.1 Å². The van der Waals surface area contributed by atoms with Crippen molar-refractivity contribution in [2.75, 3.05) is 6.54 Å². The zero-order valence-corrected chi connectivity index (χ0v) is 10.2. The second-order valence-corrected chi connectivity index (χ2v) is 4.77. The number of nitrogens with one attached hydrogen (secondary N) is 1. The summed E-state index contributed by atoms with van der Waals surface area (Å²) in [6, 6.07) is 0. The van der Waals surface area contributed by atoms with Crippen molar-refractivity contribution in [3.8, 4) is 0 Å². The minimum Gasteiger partial charge on any atom is -0.419 e. The molecule has 2 rings (SSSR count). The third-order valence-corrected chi connectivity index (χ3v) is 2.83. The summed E-state index contributed by atoms with van der Waals surface area (Å²) in [6.45, 7) is 3.87. The molecule has 0 aromatic carbocycles. The van der Waals surface area contributed by atoms with Gasteiger partial charge in [-0.2, -0.15) is 0 Å². The highest BCUT2D eigenvalue weighted by Gasteiger charge is 2.40. The van der Waals surface area contributed by atoms with E-state index in [0.717, 1.165) is 25.8 Å². The van der Waals surface area contributed by atoms with E-state index in [9.17, 15) is 9.59 Å². The fourth-order valence-corrected chi connectivity index (χ4v) is 2.04. The Balaban J connectivity index is 2.27. The average Bonchev–Trinajstić information content (AvgIpc) is 2.43. The van der Waals surface area contributed by atoms with Crippen LogP contribution in [0.15, 0.2) is 11.3 Å². The van der Waals surface area contributed by atoms with E-state index in [-0.39, 0.29) is 5.57 Å². The number of allylic oxidation sites excluding steroid dienone is 1. The molecule has 0 aliphatic carbocycles. The lowest BCUT2D eigenvalue weighted by Gasteiger charge is -2.30. The molecule has 5 nitrogen and oxygen atoms in total. The molecule has 0 aromatic rings. The molecule has 0 unspecified atom stereocenters. The van der Waals surface area contributed by atoms with Gasteiger partial charge in [-0.15, -0.1) is 0 Å². The SMILES string of the molecule is CC1(C)OC(=O)C(=C2CCCCCN2)C(=O)O1. The van der Waals surface area contributed by atoms with Gasteiger partial charge in [0.05, 0.1) is 0 Å². The van der Waals surface area contributed by atoms with Crippen LogP contribution < -0.4 is 5.32 Å². The Kier molecular flexibility index (Phi) is 3.09. The van der Waals surface area contributed by atoms with Crippen LogP contribution >= 0.6 is 0 Å². The molecule has 2 heterocycles. The molecule has 0 radical (unpaired) electrons. The van der Waals surface area contributed by atoms with E-state index in [0.29, 0.717) is 12.1 Å². The molecule has 2 aliphatic heterocycles. The lowest BCUT2D eigenvalue weighted by molar-refractivity contribution is -0.222. The number of esters is 2. The maximum Gasteiger partial charge on any atom is 0.350 e. The van der Waals surface area contributed by atoms with E-state index in [2.05, 4.69) is 5.32 Å². The molecule has 0 aromatic heterocycles. The summed E-state index contributed by atoms with van der Waals surface area (Å²) in [6.07, 6.45) is 3.81. The molecule has 1 N–H and O–H groups in total. The Morgan fingerprint density at radius 2 is 1.71 bits per heavy atom. The second kappa shape index (κ2) is 4.39. The number of rotatable bonds is 0. The Morgan fingerprint density at radius 1 is 1.06 bits per heavy atom. The van der Waals surface area contributed by atoms with Crippen molar-refractivity contribution in [2.24, 2.45) is 0 Å². The van der Waals surface area contributed by atoms with Crippen LogP contribution in [0.25, 0.3) is 0 Å². The minimum absolute atomic E-state index is 0.0335. The molecule has 0 saturated carbocycles. The number of ether oxygens (including phenoxy) is 2. The standard InChI is InChI=1S/C12H17NO4/c1-12(2)16-10(14)9(11(15)17-12)8-6-4-3-5-7-13-8/h13H,3-7H2,1-2H3. The van der Waals surface area contributed by atoms with Crippen LogP contribution in [0.5, 0.6) is 0 Å². The molecule has 0 bridgehead atoms. The minimum atomic E-state index is -1.16. The first-order chi connectivity index (χ1) is 7.99. The van der Waals surface area contributed by atoms with Crippen LogP contribution in [0, 0.1) is 0 Å². The molecule has 17 heavy (non-hydrogen) atoms. The predicted octanol–water partition coefficient (Wildman–Crippen LogP) is 1.24. The van der Waals surface area contributed by atoms with Crippen molar-refractivity contribution in [1.29, 1.82) is 0 Å². The third-order valence-electron chi connectivity index (χ3n) is 2.83. The lowest BCUT2D eigenvalue weighted by Crippen LogP contribution is -2.43. The summed E-state index contributed by atoms with van der Waals surface area (Å²) < 4.78 is 10.1. The van der Waals surface area contributed by atoms with Gasteiger partial charge in [0.15, 0.2) is 5.57 Å². The molecule has 0 atom stereocenters. The largest absolute Gasteiger partial charge is 0.419 e. The highest BCUT2D eigenvalue weighted by molar-refractivity contribution is 6.16. The van der Waals surface area contributed by atoms with Crippen molar-refractivity contribution in [3.63, 3.8) is 0 Å². The van der Waals surface area contributed by atoms with Crippen LogP contribution in [0.4, 0.5) is 0 Å². The number of carbonyl (C=O) groups excluding carboxylic acids is 2. The Bertz CT molecular complexity index is 352. The molecule has 2 saturated heterocycles. The van der Waals surface area contributed by atoms with Gasteiger partial charge in [-0.1, -0.05) is 6.42 Å². The monoisotopic (exact) mass is 239 g/mol. The first kappa shape index (κ1) is 12.0. The highest BCUT2D eigenvalue weighted by atomic mass is 16.7. The number of cyclic esters (lactones) is 2. The zero-order chi connectivity index (χ0) is 12.5. The lowest BCUT2D eigenvalue weighted by atomic mass is 10.1. The van der Waals surface area contributed by atoms with Gasteiger partial charge in [0.2, 0.25) is 0 Å².